The van der Waals surface area contributed by atoms with Crippen LogP contribution in [0.4, 0.5) is 5.69 Å². The minimum atomic E-state index is -0.276. The van der Waals surface area contributed by atoms with Crippen molar-refractivity contribution in [1.29, 1.82) is 0 Å². The summed E-state index contributed by atoms with van der Waals surface area (Å²) in [4.78, 5) is 54.4. The van der Waals surface area contributed by atoms with Gasteiger partial charge in [0.25, 0.3) is 11.8 Å². The molecule has 0 aromatic heterocycles. The number of nitrogens with zero attached hydrogens (tertiary/aromatic N) is 3. The largest absolute Gasteiger partial charge is 0.368 e. The number of piperazine rings is 1. The molecule has 32 heavy (non-hydrogen) atoms. The number of carbonyl (C=O) groups excluding carboxylic acids is 4. The van der Waals surface area contributed by atoms with E-state index >= 15 is 0 Å². The van der Waals surface area contributed by atoms with Gasteiger partial charge in [-0.3, -0.25) is 24.1 Å². The molecule has 0 atom stereocenters. The smallest absolute Gasteiger partial charge is 0.261 e. The molecule has 2 aliphatic heterocycles. The molecule has 4 rings (SSSR count). The molecule has 0 N–H and O–H groups in total. The molecular formula is C25H27N3O4. The zero-order valence-corrected chi connectivity index (χ0v) is 18.5. The number of ketones is 1. The summed E-state index contributed by atoms with van der Waals surface area (Å²) in [6.45, 7) is 6.39. The third-order valence-electron chi connectivity index (χ3n) is 6.17. The number of anilines is 1. The highest BCUT2D eigenvalue weighted by atomic mass is 16.2. The van der Waals surface area contributed by atoms with Crippen LogP contribution in [-0.4, -0.2) is 66.0 Å². The molecule has 7 heteroatoms. The number of rotatable bonds is 6. The number of Topliss-reactive ketones (excluding diaryl/α,β-unsaturated/α-hetero) is 1. The van der Waals surface area contributed by atoms with E-state index in [1.807, 2.05) is 42.2 Å². The van der Waals surface area contributed by atoms with Crippen LogP contribution in [0.25, 0.3) is 0 Å². The second kappa shape index (κ2) is 8.94. The Morgan fingerprint density at radius 1 is 0.875 bits per heavy atom. The van der Waals surface area contributed by atoms with E-state index in [-0.39, 0.29) is 30.0 Å². The zero-order valence-electron chi connectivity index (χ0n) is 18.5. The predicted octanol–water partition coefficient (Wildman–Crippen LogP) is 2.92. The van der Waals surface area contributed by atoms with E-state index in [2.05, 4.69) is 4.90 Å². The lowest BCUT2D eigenvalue weighted by molar-refractivity contribution is -0.131. The molecular weight excluding hydrogens is 406 g/mol. The van der Waals surface area contributed by atoms with Crippen molar-refractivity contribution in [3.8, 4) is 0 Å². The number of hydrogen-bond acceptors (Lipinski definition) is 5. The normalized spacial score (nSPS) is 15.9. The van der Waals surface area contributed by atoms with E-state index in [1.165, 1.54) is 4.90 Å². The highest BCUT2D eigenvalue weighted by Crippen LogP contribution is 2.24. The van der Waals surface area contributed by atoms with Gasteiger partial charge in [0.1, 0.15) is 0 Å². The molecule has 0 saturated carbocycles. The average molecular weight is 434 g/mol. The van der Waals surface area contributed by atoms with Crippen LogP contribution in [0, 0.1) is 6.92 Å². The van der Waals surface area contributed by atoms with Crippen molar-refractivity contribution in [3.63, 3.8) is 0 Å². The van der Waals surface area contributed by atoms with Crippen molar-refractivity contribution in [2.24, 2.45) is 0 Å². The maximum absolute atomic E-state index is 12.6. The maximum atomic E-state index is 12.6. The predicted molar refractivity (Wildman–Crippen MR) is 121 cm³/mol. The number of imide groups is 1. The van der Waals surface area contributed by atoms with Crippen molar-refractivity contribution in [3.05, 3.63) is 64.7 Å². The fourth-order valence-electron chi connectivity index (χ4n) is 4.28. The van der Waals surface area contributed by atoms with E-state index in [0.29, 0.717) is 42.6 Å². The zero-order chi connectivity index (χ0) is 22.8. The highest BCUT2D eigenvalue weighted by Gasteiger charge is 2.35. The molecule has 2 heterocycles. The van der Waals surface area contributed by atoms with E-state index < -0.39 is 0 Å². The van der Waals surface area contributed by atoms with Gasteiger partial charge in [0, 0.05) is 50.4 Å². The molecule has 2 aromatic rings. The first kappa shape index (κ1) is 21.7. The van der Waals surface area contributed by atoms with Crippen LogP contribution in [0.3, 0.4) is 0 Å². The lowest BCUT2D eigenvalue weighted by Gasteiger charge is -2.36. The first-order chi connectivity index (χ1) is 15.3. The van der Waals surface area contributed by atoms with Gasteiger partial charge in [-0.25, -0.2) is 0 Å². The summed E-state index contributed by atoms with van der Waals surface area (Å²) in [5, 5.41) is 0. The molecule has 0 spiro atoms. The number of benzene rings is 2. The van der Waals surface area contributed by atoms with Crippen LogP contribution < -0.4 is 4.90 Å². The van der Waals surface area contributed by atoms with Crippen LogP contribution >= 0.6 is 0 Å². The van der Waals surface area contributed by atoms with Crippen LogP contribution in [0.15, 0.2) is 42.5 Å². The molecule has 0 aliphatic carbocycles. The number of fused-ring (bicyclic) bond motifs is 1. The van der Waals surface area contributed by atoms with Gasteiger partial charge in [-0.05, 0) is 56.7 Å². The molecule has 2 aliphatic rings. The van der Waals surface area contributed by atoms with Gasteiger partial charge in [-0.2, -0.15) is 0 Å². The molecule has 1 saturated heterocycles. The Morgan fingerprint density at radius 2 is 1.53 bits per heavy atom. The lowest BCUT2D eigenvalue weighted by Crippen LogP contribution is -2.48. The fourth-order valence-corrected chi connectivity index (χ4v) is 4.28. The summed E-state index contributed by atoms with van der Waals surface area (Å²) >= 11 is 0. The van der Waals surface area contributed by atoms with Gasteiger partial charge in [0.15, 0.2) is 5.78 Å². The summed E-state index contributed by atoms with van der Waals surface area (Å²) in [6.07, 6.45) is 0.760. The first-order valence-corrected chi connectivity index (χ1v) is 11.0. The van der Waals surface area contributed by atoms with Crippen LogP contribution in [0.1, 0.15) is 56.4 Å². The van der Waals surface area contributed by atoms with Gasteiger partial charge in [-0.15, -0.1) is 0 Å². The number of amides is 3. The molecule has 7 nitrogen and oxygen atoms in total. The minimum absolute atomic E-state index is 0.0447. The van der Waals surface area contributed by atoms with Crippen molar-refractivity contribution in [2.45, 2.75) is 26.7 Å². The standard InChI is InChI=1S/C25H27N3O4/c1-17-5-10-21-22(16-17)25(32)28(24(21)31)11-3-4-23(30)27-14-12-26(13-15-27)20-8-6-19(7-9-20)18(2)29/h5-10,16H,3-4,11-15H2,1-2H3. The van der Waals surface area contributed by atoms with Gasteiger partial charge in [0.05, 0.1) is 11.1 Å². The van der Waals surface area contributed by atoms with Crippen molar-refractivity contribution in [2.75, 3.05) is 37.6 Å². The number of hydrogen-bond donors (Lipinski definition) is 0. The molecule has 166 valence electrons. The topological polar surface area (TPSA) is 78.0 Å². The van der Waals surface area contributed by atoms with Crippen molar-refractivity contribution in [1.82, 2.24) is 9.80 Å². The summed E-state index contributed by atoms with van der Waals surface area (Å²) in [6, 6.07) is 12.8. The van der Waals surface area contributed by atoms with Gasteiger partial charge in [0.2, 0.25) is 5.91 Å². The van der Waals surface area contributed by atoms with Crippen LogP contribution in [0.2, 0.25) is 0 Å². The first-order valence-electron chi connectivity index (χ1n) is 11.0. The molecule has 1 fully saturated rings. The minimum Gasteiger partial charge on any atom is -0.368 e. The number of aryl methyl sites for hydroxylation is 1. The summed E-state index contributed by atoms with van der Waals surface area (Å²) in [5.74, 6) is -0.459. The van der Waals surface area contributed by atoms with Crippen molar-refractivity contribution < 1.29 is 19.2 Å². The summed E-state index contributed by atoms with van der Waals surface area (Å²) < 4.78 is 0. The Bertz CT molecular complexity index is 1070. The summed E-state index contributed by atoms with van der Waals surface area (Å²) in [7, 11) is 0. The number of carbonyl (C=O) groups is 4. The van der Waals surface area contributed by atoms with E-state index in [0.717, 1.165) is 24.3 Å². The fraction of sp³-hybridized carbons (Fsp3) is 0.360. The second-order valence-corrected chi connectivity index (χ2v) is 8.39. The monoisotopic (exact) mass is 433 g/mol. The third kappa shape index (κ3) is 4.28. The van der Waals surface area contributed by atoms with Gasteiger partial charge >= 0.3 is 0 Å². The Balaban J connectivity index is 1.25. The summed E-state index contributed by atoms with van der Waals surface area (Å²) in [5.41, 5.74) is 3.57. The quantitative estimate of drug-likeness (QED) is 0.517. The van der Waals surface area contributed by atoms with Crippen LogP contribution in [-0.2, 0) is 4.79 Å². The Labute approximate surface area is 187 Å². The van der Waals surface area contributed by atoms with Crippen molar-refractivity contribution >= 4 is 29.2 Å². The molecule has 0 radical (unpaired) electrons. The molecule has 2 aromatic carbocycles. The molecule has 3 amide bonds. The Morgan fingerprint density at radius 3 is 2.19 bits per heavy atom. The maximum Gasteiger partial charge on any atom is 0.261 e. The Hall–Kier alpha value is -3.48. The van der Waals surface area contributed by atoms with Gasteiger partial charge < -0.3 is 9.80 Å². The van der Waals surface area contributed by atoms with E-state index in [4.69, 9.17) is 0 Å². The highest BCUT2D eigenvalue weighted by molar-refractivity contribution is 6.21. The molecule has 0 bridgehead atoms. The lowest BCUT2D eigenvalue weighted by atomic mass is 10.1. The second-order valence-electron chi connectivity index (χ2n) is 8.39. The van der Waals surface area contributed by atoms with Crippen LogP contribution in [0.5, 0.6) is 0 Å². The van der Waals surface area contributed by atoms with E-state index in [1.54, 1.807) is 19.1 Å². The van der Waals surface area contributed by atoms with E-state index in [9.17, 15) is 19.2 Å². The van der Waals surface area contributed by atoms with Gasteiger partial charge in [-0.1, -0.05) is 11.6 Å². The molecule has 0 unspecified atom stereocenters. The Kier molecular flexibility index (Phi) is 6.08. The SMILES string of the molecule is CC(=O)c1ccc(N2CCN(C(=O)CCCN3C(=O)c4ccc(C)cc4C3=O)CC2)cc1. The third-order valence-corrected chi connectivity index (χ3v) is 6.17. The average Bonchev–Trinajstić information content (AvgIpc) is 3.03.